The van der Waals surface area contributed by atoms with Gasteiger partial charge in [0.15, 0.2) is 11.9 Å². The summed E-state index contributed by atoms with van der Waals surface area (Å²) in [5, 5.41) is 14.8. The van der Waals surface area contributed by atoms with Crippen molar-refractivity contribution in [2.75, 3.05) is 34.3 Å². The Morgan fingerprint density at radius 1 is 1.11 bits per heavy atom. The normalized spacial score (nSPS) is 31.1. The molecule has 2 fully saturated rings. The predicted octanol–water partition coefficient (Wildman–Crippen LogP) is 7.58. The summed E-state index contributed by atoms with van der Waals surface area (Å²) in [6.45, 7) is 22.3. The van der Waals surface area contributed by atoms with Gasteiger partial charge in [0.1, 0.15) is 5.76 Å². The molecule has 3 aliphatic heterocycles. The maximum atomic E-state index is 13.3. The summed E-state index contributed by atoms with van der Waals surface area (Å²) in [6.07, 6.45) is 2.48. The Labute approximate surface area is 324 Å². The van der Waals surface area contributed by atoms with Crippen molar-refractivity contribution in [3.05, 3.63) is 21.8 Å². The number of cyclic esters (lactones) is 2. The summed E-state index contributed by atoms with van der Waals surface area (Å²) in [6, 6.07) is -0.0896. The Balaban J connectivity index is 1.90. The molecule has 3 rings (SSSR count). The molecule has 12 atom stereocenters. The Kier molecular flexibility index (Phi) is 16.1. The third kappa shape index (κ3) is 10.6. The SMILES string of the molecule is CC[C@@H](O)[C@@]1(C)OC(=O)N(CCCCN=[N+]=[N-])[C@@H]1[C@@H](C)CC[C@H](C)C[C@@](C)(OC)[C@H](OC1OC(C)CC(N(C)C)C1C)[C@@H](C)C1=C(C)C(=O)OC(C)(C)O1. The van der Waals surface area contributed by atoms with Crippen LogP contribution in [-0.2, 0) is 33.2 Å². The molecule has 3 aliphatic rings. The minimum Gasteiger partial charge on any atom is -0.456 e. The number of aliphatic hydroxyl groups excluding tert-OH is 1. The van der Waals surface area contributed by atoms with Crippen LogP contribution in [0.4, 0.5) is 4.79 Å². The van der Waals surface area contributed by atoms with Crippen molar-refractivity contribution in [1.82, 2.24) is 9.80 Å². The fourth-order valence-corrected chi connectivity index (χ4v) is 9.08. The Hall–Kier alpha value is -2.61. The molecule has 0 aliphatic carbocycles. The minimum absolute atomic E-state index is 0.000341. The van der Waals surface area contributed by atoms with Gasteiger partial charge in [-0.25, -0.2) is 9.59 Å². The van der Waals surface area contributed by atoms with Crippen LogP contribution in [0.1, 0.15) is 121 Å². The summed E-state index contributed by atoms with van der Waals surface area (Å²) in [5.41, 5.74) is 7.17. The lowest BCUT2D eigenvalue weighted by atomic mass is 9.76. The summed E-state index contributed by atoms with van der Waals surface area (Å²) < 4.78 is 37.9. The highest BCUT2D eigenvalue weighted by Gasteiger charge is 2.56. The fraction of sp³-hybridized carbons (Fsp3) is 0.900. The zero-order valence-corrected chi connectivity index (χ0v) is 35.6. The van der Waals surface area contributed by atoms with Crippen molar-refractivity contribution in [3.63, 3.8) is 0 Å². The molecule has 0 saturated carbocycles. The van der Waals surface area contributed by atoms with Crippen LogP contribution in [0.2, 0.25) is 0 Å². The molecule has 0 aromatic heterocycles. The number of azide groups is 1. The molecule has 0 spiro atoms. The van der Waals surface area contributed by atoms with E-state index in [1.807, 2.05) is 20.8 Å². The van der Waals surface area contributed by atoms with Crippen LogP contribution < -0.4 is 0 Å². The number of amides is 1. The first-order chi connectivity index (χ1) is 25.2. The van der Waals surface area contributed by atoms with Crippen LogP contribution >= 0.6 is 0 Å². The highest BCUT2D eigenvalue weighted by molar-refractivity contribution is 5.89. The van der Waals surface area contributed by atoms with Crippen molar-refractivity contribution < 1.29 is 43.1 Å². The molecule has 14 heteroatoms. The molecule has 2 saturated heterocycles. The van der Waals surface area contributed by atoms with E-state index in [0.29, 0.717) is 50.1 Å². The van der Waals surface area contributed by atoms with Crippen molar-refractivity contribution in [3.8, 4) is 0 Å². The van der Waals surface area contributed by atoms with Crippen LogP contribution in [0.3, 0.4) is 0 Å². The summed E-state index contributed by atoms with van der Waals surface area (Å²) in [5.74, 6) is -1.23. The average Bonchev–Trinajstić information content (AvgIpc) is 3.37. The molecule has 54 heavy (non-hydrogen) atoms. The number of carbonyl (C=O) groups excluding carboxylic acids is 2. The number of esters is 1. The molecule has 4 unspecified atom stereocenters. The first-order valence-corrected chi connectivity index (χ1v) is 20.0. The van der Waals surface area contributed by atoms with E-state index in [0.717, 1.165) is 19.3 Å². The number of hydrogen-bond acceptors (Lipinski definition) is 11. The zero-order valence-electron chi connectivity index (χ0n) is 35.6. The van der Waals surface area contributed by atoms with Gasteiger partial charge >= 0.3 is 12.1 Å². The topological polar surface area (TPSA) is 165 Å². The van der Waals surface area contributed by atoms with Gasteiger partial charge < -0.3 is 43.3 Å². The zero-order chi connectivity index (χ0) is 40.8. The molecule has 0 aromatic rings. The van der Waals surface area contributed by atoms with Gasteiger partial charge in [-0.05, 0) is 97.7 Å². The number of rotatable bonds is 20. The van der Waals surface area contributed by atoms with Gasteiger partial charge in [-0.2, -0.15) is 0 Å². The van der Waals surface area contributed by atoms with Crippen molar-refractivity contribution in [2.45, 2.75) is 175 Å². The van der Waals surface area contributed by atoms with Gasteiger partial charge in [0.2, 0.25) is 5.79 Å². The Morgan fingerprint density at radius 2 is 1.78 bits per heavy atom. The summed E-state index contributed by atoms with van der Waals surface area (Å²) >= 11 is 0. The van der Waals surface area contributed by atoms with Crippen LogP contribution in [0.15, 0.2) is 16.4 Å². The van der Waals surface area contributed by atoms with E-state index in [4.69, 9.17) is 34.0 Å². The van der Waals surface area contributed by atoms with E-state index in [-0.39, 0.29) is 35.9 Å². The fourth-order valence-electron chi connectivity index (χ4n) is 9.08. The number of aliphatic hydroxyl groups is 1. The van der Waals surface area contributed by atoms with Crippen LogP contribution in [0.5, 0.6) is 0 Å². The molecule has 0 bridgehead atoms. The minimum atomic E-state index is -1.14. The lowest BCUT2D eigenvalue weighted by Crippen LogP contribution is -2.56. The number of carbonyl (C=O) groups is 2. The standard InChI is InChI=1S/C40H71N5O9/c1-15-31(46)40(11)33(45(37(48)54-40)21-17-16-20-42-43-41)25(3)19-18-24(2)23-39(10,49-14)34(28(6)32-29(7)35(47)53-38(8,9)52-32)51-36-27(5)30(44(12)13)22-26(4)50-36/h24-28,30-31,33-34,36,46H,15-23H2,1-14H3/t24-,25-,26?,27?,28-,30?,31+,33+,34+,36?,39+,40+/m0/s1. The Morgan fingerprint density at radius 3 is 2.37 bits per heavy atom. The number of hydrogen-bond donors (Lipinski definition) is 1. The molecular weight excluding hydrogens is 694 g/mol. The third-order valence-corrected chi connectivity index (χ3v) is 12.1. The number of unbranched alkanes of at least 4 members (excludes halogenated alkanes) is 1. The monoisotopic (exact) mass is 766 g/mol. The third-order valence-electron chi connectivity index (χ3n) is 12.1. The second kappa shape index (κ2) is 19.0. The van der Waals surface area contributed by atoms with E-state index in [1.54, 1.807) is 32.8 Å². The molecular formula is C40H71N5O9. The average molecular weight is 766 g/mol. The molecule has 14 nitrogen and oxygen atoms in total. The largest absolute Gasteiger partial charge is 0.456 e. The predicted molar refractivity (Wildman–Crippen MR) is 206 cm³/mol. The first kappa shape index (κ1) is 45.8. The van der Waals surface area contributed by atoms with Crippen LogP contribution in [-0.4, -0.2) is 115 Å². The lowest BCUT2D eigenvalue weighted by molar-refractivity contribution is -0.285. The highest BCUT2D eigenvalue weighted by atomic mass is 16.7. The van der Waals surface area contributed by atoms with Crippen LogP contribution in [0, 0.1) is 23.7 Å². The maximum Gasteiger partial charge on any atom is 0.410 e. The highest BCUT2D eigenvalue weighted by Crippen LogP contribution is 2.43. The van der Waals surface area contributed by atoms with Gasteiger partial charge in [-0.3, -0.25) is 0 Å². The number of methoxy groups -OCH3 is 1. The molecule has 0 aromatic carbocycles. The van der Waals surface area contributed by atoms with E-state index >= 15 is 0 Å². The van der Waals surface area contributed by atoms with Crippen molar-refractivity contribution >= 4 is 12.1 Å². The van der Waals surface area contributed by atoms with E-state index in [2.05, 4.69) is 63.6 Å². The van der Waals surface area contributed by atoms with Crippen molar-refractivity contribution in [2.24, 2.45) is 28.8 Å². The van der Waals surface area contributed by atoms with Gasteiger partial charge in [0.25, 0.3) is 0 Å². The smallest absolute Gasteiger partial charge is 0.410 e. The lowest BCUT2D eigenvalue weighted by Gasteiger charge is -2.48. The molecule has 310 valence electrons. The molecule has 0 radical (unpaired) electrons. The van der Waals surface area contributed by atoms with Gasteiger partial charge in [0, 0.05) is 56.8 Å². The summed E-state index contributed by atoms with van der Waals surface area (Å²) in [4.78, 5) is 33.1. The number of ether oxygens (including phenoxy) is 6. The van der Waals surface area contributed by atoms with Gasteiger partial charge in [-0.1, -0.05) is 46.2 Å². The van der Waals surface area contributed by atoms with Crippen LogP contribution in [0.25, 0.3) is 10.4 Å². The van der Waals surface area contributed by atoms with E-state index in [9.17, 15) is 14.7 Å². The van der Waals surface area contributed by atoms with Gasteiger partial charge in [-0.15, -0.1) is 0 Å². The molecule has 3 heterocycles. The van der Waals surface area contributed by atoms with Gasteiger partial charge in [0.05, 0.1) is 35.5 Å². The number of nitrogens with zero attached hydrogens (tertiary/aromatic N) is 5. The second-order valence-electron chi connectivity index (χ2n) is 17.3. The Bertz CT molecular complexity index is 1350. The molecule has 1 amide bonds. The van der Waals surface area contributed by atoms with E-state index < -0.39 is 53.5 Å². The quantitative estimate of drug-likeness (QED) is 0.0429. The first-order valence-electron chi connectivity index (χ1n) is 20.0. The second-order valence-corrected chi connectivity index (χ2v) is 17.3. The van der Waals surface area contributed by atoms with E-state index in [1.165, 1.54) is 0 Å². The maximum absolute atomic E-state index is 13.3. The van der Waals surface area contributed by atoms with Crippen molar-refractivity contribution in [1.29, 1.82) is 0 Å². The summed E-state index contributed by atoms with van der Waals surface area (Å²) in [7, 11) is 5.87. The molecule has 1 N–H and O–H groups in total.